The van der Waals surface area contributed by atoms with Gasteiger partial charge in [-0.05, 0) is 58.9 Å². The average Bonchev–Trinajstić information content (AvgIpc) is 2.49. The Balaban J connectivity index is 2.10. The molecule has 0 saturated heterocycles. The Morgan fingerprint density at radius 2 is 2.00 bits per heavy atom. The first-order valence-corrected chi connectivity index (χ1v) is 8.84. The summed E-state index contributed by atoms with van der Waals surface area (Å²) < 4.78 is 0.983. The average molecular weight is 413 g/mol. The van der Waals surface area contributed by atoms with Gasteiger partial charge in [-0.2, -0.15) is 0 Å². The van der Waals surface area contributed by atoms with Gasteiger partial charge in [-0.15, -0.1) is 0 Å². The zero-order valence-electron chi connectivity index (χ0n) is 12.2. The van der Waals surface area contributed by atoms with Crippen LogP contribution in [-0.4, -0.2) is 9.97 Å². The third-order valence-corrected chi connectivity index (χ3v) is 5.74. The minimum Gasteiger partial charge on any atom is -0.236 e. The van der Waals surface area contributed by atoms with Crippen molar-refractivity contribution >= 4 is 34.2 Å². The van der Waals surface area contributed by atoms with Gasteiger partial charge in [-0.3, -0.25) is 0 Å². The van der Waals surface area contributed by atoms with Gasteiger partial charge in [-0.1, -0.05) is 49.7 Å². The third-order valence-electron chi connectivity index (χ3n) is 4.08. The Hall–Kier alpha value is -0.680. The third kappa shape index (κ3) is 2.95. The largest absolute Gasteiger partial charge is 0.236 e. The van der Waals surface area contributed by atoms with Crippen LogP contribution in [0.5, 0.6) is 0 Å². The van der Waals surface area contributed by atoms with Gasteiger partial charge < -0.3 is 0 Å². The Morgan fingerprint density at radius 3 is 2.76 bits per heavy atom. The monoisotopic (exact) mass is 412 g/mol. The molecule has 0 bridgehead atoms. The lowest BCUT2D eigenvalue weighted by Crippen LogP contribution is -2.16. The Morgan fingerprint density at radius 1 is 1.24 bits per heavy atom. The molecule has 0 amide bonds. The molecule has 2 aromatic rings. The van der Waals surface area contributed by atoms with E-state index < -0.39 is 0 Å². The lowest BCUT2D eigenvalue weighted by Gasteiger charge is -2.25. The Bertz CT molecular complexity index is 670. The molecule has 0 N–H and O–H groups in total. The normalized spacial score (nSPS) is 17.9. The minimum atomic E-state index is 0.280. The van der Waals surface area contributed by atoms with E-state index in [4.69, 9.17) is 16.6 Å². The van der Waals surface area contributed by atoms with Gasteiger partial charge >= 0.3 is 0 Å². The van der Waals surface area contributed by atoms with Crippen LogP contribution >= 0.6 is 34.2 Å². The summed E-state index contributed by atoms with van der Waals surface area (Å²) in [7, 11) is 0. The van der Waals surface area contributed by atoms with Crippen molar-refractivity contribution in [1.29, 1.82) is 0 Å². The van der Waals surface area contributed by atoms with E-state index in [0.29, 0.717) is 11.1 Å². The van der Waals surface area contributed by atoms with Gasteiger partial charge in [0, 0.05) is 5.92 Å². The lowest BCUT2D eigenvalue weighted by atomic mass is 9.82. The van der Waals surface area contributed by atoms with E-state index >= 15 is 0 Å². The van der Waals surface area contributed by atoms with Gasteiger partial charge in [0.05, 0.1) is 9.26 Å². The number of hydrogen-bond donors (Lipinski definition) is 0. The molecule has 1 unspecified atom stereocenters. The molecule has 21 heavy (non-hydrogen) atoms. The van der Waals surface area contributed by atoms with Crippen molar-refractivity contribution in [3.05, 3.63) is 55.6 Å². The van der Waals surface area contributed by atoms with E-state index in [0.717, 1.165) is 27.9 Å². The highest BCUT2D eigenvalue weighted by molar-refractivity contribution is 14.1. The second-order valence-corrected chi connectivity index (χ2v) is 7.31. The van der Waals surface area contributed by atoms with Crippen LogP contribution in [0.15, 0.2) is 24.3 Å². The maximum atomic E-state index is 6.35. The van der Waals surface area contributed by atoms with Gasteiger partial charge in [0.15, 0.2) is 0 Å². The highest BCUT2D eigenvalue weighted by Crippen LogP contribution is 2.36. The quantitative estimate of drug-likeness (QED) is 0.492. The van der Waals surface area contributed by atoms with Gasteiger partial charge in [-0.25, -0.2) is 9.97 Å². The summed E-state index contributed by atoms with van der Waals surface area (Å²) in [5.41, 5.74) is 3.86. The summed E-state index contributed by atoms with van der Waals surface area (Å²) in [5, 5.41) is 0.590. The molecule has 0 radical (unpaired) electrons. The van der Waals surface area contributed by atoms with Crippen LogP contribution in [0, 0.1) is 3.57 Å². The molecule has 1 aromatic heterocycles. The van der Waals surface area contributed by atoms with E-state index in [2.05, 4.69) is 65.7 Å². The Kier molecular flexibility index (Phi) is 4.50. The van der Waals surface area contributed by atoms with Gasteiger partial charge in [0.2, 0.25) is 0 Å². The maximum absolute atomic E-state index is 6.35. The minimum absolute atomic E-state index is 0.280. The van der Waals surface area contributed by atoms with Crippen LogP contribution in [0.4, 0.5) is 0 Å². The van der Waals surface area contributed by atoms with Gasteiger partial charge in [0.1, 0.15) is 11.0 Å². The number of nitrogens with zero attached hydrogens (tertiary/aromatic N) is 2. The summed E-state index contributed by atoms with van der Waals surface area (Å²) in [6, 6.07) is 8.65. The van der Waals surface area contributed by atoms with Crippen LogP contribution in [-0.2, 0) is 6.42 Å². The van der Waals surface area contributed by atoms with Crippen LogP contribution in [0.25, 0.3) is 0 Å². The molecule has 110 valence electrons. The highest BCUT2D eigenvalue weighted by atomic mass is 127. The van der Waals surface area contributed by atoms with Gasteiger partial charge in [0.25, 0.3) is 0 Å². The maximum Gasteiger partial charge on any atom is 0.146 e. The van der Waals surface area contributed by atoms with Crippen molar-refractivity contribution in [2.75, 3.05) is 0 Å². The molecular formula is C17H18ClIN2. The van der Waals surface area contributed by atoms with E-state index in [-0.39, 0.29) is 5.92 Å². The van der Waals surface area contributed by atoms with Crippen molar-refractivity contribution in [2.45, 2.75) is 44.9 Å². The van der Waals surface area contributed by atoms with Crippen LogP contribution < -0.4 is 0 Å². The van der Waals surface area contributed by atoms with Crippen molar-refractivity contribution in [2.24, 2.45) is 0 Å². The molecule has 4 heteroatoms. The highest BCUT2D eigenvalue weighted by Gasteiger charge is 2.25. The molecule has 0 fully saturated rings. The zero-order valence-corrected chi connectivity index (χ0v) is 15.1. The molecule has 1 aliphatic carbocycles. The number of rotatable bonds is 2. The van der Waals surface area contributed by atoms with Crippen LogP contribution in [0.1, 0.15) is 61.2 Å². The van der Waals surface area contributed by atoms with Crippen LogP contribution in [0.2, 0.25) is 5.15 Å². The summed E-state index contributed by atoms with van der Waals surface area (Å²) in [5.74, 6) is 1.52. The molecule has 1 aromatic carbocycles. The number of hydrogen-bond acceptors (Lipinski definition) is 2. The Labute approximate surface area is 144 Å². The topological polar surface area (TPSA) is 25.8 Å². The lowest BCUT2D eigenvalue weighted by molar-refractivity contribution is 0.584. The SMILES string of the molecule is CC(C)c1nc(C2CCCc3ccccc32)nc(Cl)c1I. The summed E-state index contributed by atoms with van der Waals surface area (Å²) >= 11 is 8.60. The van der Waals surface area contributed by atoms with E-state index in [9.17, 15) is 0 Å². The van der Waals surface area contributed by atoms with E-state index in [1.807, 2.05) is 0 Å². The molecule has 3 rings (SSSR count). The first-order chi connectivity index (χ1) is 10.1. The van der Waals surface area contributed by atoms with Crippen molar-refractivity contribution < 1.29 is 0 Å². The second kappa shape index (κ2) is 6.21. The molecule has 0 saturated carbocycles. The summed E-state index contributed by atoms with van der Waals surface area (Å²) in [6.07, 6.45) is 3.44. The molecule has 1 aliphatic rings. The number of halogens is 2. The first kappa shape index (κ1) is 15.2. The van der Waals surface area contributed by atoms with Crippen molar-refractivity contribution in [1.82, 2.24) is 9.97 Å². The standard InChI is InChI=1S/C17H18ClIN2/c1-10(2)15-14(19)16(18)21-17(20-15)13-9-5-7-11-6-3-4-8-12(11)13/h3-4,6,8,10,13H,5,7,9H2,1-2H3. The second-order valence-electron chi connectivity index (χ2n) is 5.87. The summed E-state index contributed by atoms with van der Waals surface area (Å²) in [4.78, 5) is 9.44. The van der Waals surface area contributed by atoms with Crippen molar-refractivity contribution in [3.63, 3.8) is 0 Å². The summed E-state index contributed by atoms with van der Waals surface area (Å²) in [6.45, 7) is 4.30. The fraction of sp³-hybridized carbons (Fsp3) is 0.412. The number of fused-ring (bicyclic) bond motifs is 1. The number of aromatic nitrogens is 2. The molecule has 0 spiro atoms. The zero-order chi connectivity index (χ0) is 15.0. The smallest absolute Gasteiger partial charge is 0.146 e. The fourth-order valence-corrected chi connectivity index (χ4v) is 4.06. The molecule has 0 aliphatic heterocycles. The molecule has 2 nitrogen and oxygen atoms in total. The molecule has 1 atom stereocenters. The van der Waals surface area contributed by atoms with E-state index in [1.54, 1.807) is 0 Å². The predicted molar refractivity (Wildman–Crippen MR) is 95.1 cm³/mol. The molecular weight excluding hydrogens is 395 g/mol. The number of aryl methyl sites for hydroxylation is 1. The molecule has 1 heterocycles. The fourth-order valence-electron chi connectivity index (χ4n) is 3.01. The van der Waals surface area contributed by atoms with Crippen molar-refractivity contribution in [3.8, 4) is 0 Å². The predicted octanol–water partition coefficient (Wildman–Crippen LogP) is 5.33. The first-order valence-electron chi connectivity index (χ1n) is 7.38. The van der Waals surface area contributed by atoms with E-state index in [1.165, 1.54) is 17.5 Å². The number of benzene rings is 1. The van der Waals surface area contributed by atoms with Crippen LogP contribution in [0.3, 0.4) is 0 Å².